The highest BCUT2D eigenvalue weighted by Gasteiger charge is 2.43. The molecule has 0 radical (unpaired) electrons. The minimum absolute atomic E-state index is 0.0972. The van der Waals surface area contributed by atoms with Crippen molar-refractivity contribution in [3.63, 3.8) is 0 Å². The number of hydrogen-bond acceptors (Lipinski definition) is 3. The van der Waals surface area contributed by atoms with Gasteiger partial charge in [-0.25, -0.2) is 0 Å². The average Bonchev–Trinajstić information content (AvgIpc) is 2.48. The van der Waals surface area contributed by atoms with E-state index in [0.29, 0.717) is 19.3 Å². The third kappa shape index (κ3) is 3.80. The molecule has 1 aromatic heterocycles. The third-order valence-corrected chi connectivity index (χ3v) is 4.37. The number of pyridine rings is 1. The second-order valence-electron chi connectivity index (χ2n) is 5.91. The molecule has 1 heterocycles. The van der Waals surface area contributed by atoms with Crippen molar-refractivity contribution >= 4 is 11.9 Å². The van der Waals surface area contributed by atoms with Gasteiger partial charge in [0.1, 0.15) is 0 Å². The van der Waals surface area contributed by atoms with Gasteiger partial charge in [-0.2, -0.15) is 0 Å². The molecule has 0 aliphatic heterocycles. The molecular formula is C16H22N2O3. The van der Waals surface area contributed by atoms with E-state index in [4.69, 9.17) is 0 Å². The zero-order chi connectivity index (χ0) is 15.3. The summed E-state index contributed by atoms with van der Waals surface area (Å²) in [5.41, 5.74) is 0.0242. The number of carbonyl (C=O) groups excluding carboxylic acids is 1. The molecule has 5 heteroatoms. The maximum atomic E-state index is 12.1. The molecule has 21 heavy (non-hydrogen) atoms. The van der Waals surface area contributed by atoms with E-state index in [-0.39, 0.29) is 11.9 Å². The Bertz CT molecular complexity index is 504. The highest BCUT2D eigenvalue weighted by molar-refractivity contribution is 5.80. The summed E-state index contributed by atoms with van der Waals surface area (Å²) in [7, 11) is 0. The quantitative estimate of drug-likeness (QED) is 0.871. The summed E-state index contributed by atoms with van der Waals surface area (Å²) in [6, 6.07) is 5.34. The molecule has 1 amide bonds. The lowest BCUT2D eigenvalue weighted by atomic mass is 9.71. The van der Waals surface area contributed by atoms with Gasteiger partial charge in [-0.05, 0) is 38.3 Å². The van der Waals surface area contributed by atoms with Crippen LogP contribution in [0.4, 0.5) is 0 Å². The van der Waals surface area contributed by atoms with Crippen LogP contribution in [0.2, 0.25) is 0 Å². The van der Waals surface area contributed by atoms with Crippen LogP contribution in [0.1, 0.15) is 44.7 Å². The first kappa shape index (κ1) is 15.5. The SMILES string of the molecule is CC1(C(=O)O)CCCCC1NC(=O)CCc1ccccn1. The monoisotopic (exact) mass is 290 g/mol. The van der Waals surface area contributed by atoms with E-state index in [1.807, 2.05) is 18.2 Å². The van der Waals surface area contributed by atoms with Gasteiger partial charge in [0, 0.05) is 24.4 Å². The molecule has 1 fully saturated rings. The van der Waals surface area contributed by atoms with Crippen molar-refractivity contribution in [3.8, 4) is 0 Å². The smallest absolute Gasteiger partial charge is 0.311 e. The topological polar surface area (TPSA) is 79.3 Å². The van der Waals surface area contributed by atoms with Crippen molar-refractivity contribution in [3.05, 3.63) is 30.1 Å². The molecule has 1 aliphatic carbocycles. The molecule has 2 N–H and O–H groups in total. The number of aliphatic carboxylic acids is 1. The lowest BCUT2D eigenvalue weighted by Crippen LogP contribution is -2.52. The molecule has 114 valence electrons. The lowest BCUT2D eigenvalue weighted by Gasteiger charge is -2.38. The second-order valence-corrected chi connectivity index (χ2v) is 5.91. The van der Waals surface area contributed by atoms with Crippen molar-refractivity contribution in [2.75, 3.05) is 0 Å². The Morgan fingerprint density at radius 3 is 2.90 bits per heavy atom. The van der Waals surface area contributed by atoms with Crippen molar-refractivity contribution in [2.45, 2.75) is 51.5 Å². The minimum Gasteiger partial charge on any atom is -0.481 e. The van der Waals surface area contributed by atoms with Crippen molar-refractivity contribution in [1.82, 2.24) is 10.3 Å². The average molecular weight is 290 g/mol. The van der Waals surface area contributed by atoms with Crippen LogP contribution in [-0.2, 0) is 16.0 Å². The number of carbonyl (C=O) groups is 2. The number of nitrogens with zero attached hydrogens (tertiary/aromatic N) is 1. The Hall–Kier alpha value is -1.91. The molecule has 2 rings (SSSR count). The standard InChI is InChI=1S/C16H22N2O3/c1-16(15(20)21)10-4-2-7-13(16)18-14(19)9-8-12-6-3-5-11-17-12/h3,5-6,11,13H,2,4,7-10H2,1H3,(H,18,19)(H,20,21). The maximum absolute atomic E-state index is 12.1. The molecular weight excluding hydrogens is 268 g/mol. The van der Waals surface area contributed by atoms with Gasteiger partial charge in [0.15, 0.2) is 0 Å². The van der Waals surface area contributed by atoms with Gasteiger partial charge in [0.05, 0.1) is 5.41 Å². The van der Waals surface area contributed by atoms with Gasteiger partial charge in [0.2, 0.25) is 5.91 Å². The van der Waals surface area contributed by atoms with Crippen LogP contribution in [-0.4, -0.2) is 28.0 Å². The number of aromatic nitrogens is 1. The number of hydrogen-bond donors (Lipinski definition) is 2. The summed E-state index contributed by atoms with van der Waals surface area (Å²) < 4.78 is 0. The van der Waals surface area contributed by atoms with E-state index in [1.165, 1.54) is 0 Å². The highest BCUT2D eigenvalue weighted by Crippen LogP contribution is 2.36. The van der Waals surface area contributed by atoms with Crippen molar-refractivity contribution in [1.29, 1.82) is 0 Å². The molecule has 2 unspecified atom stereocenters. The molecule has 1 aliphatic rings. The largest absolute Gasteiger partial charge is 0.481 e. The Kier molecular flexibility index (Phi) is 4.94. The molecule has 0 bridgehead atoms. The van der Waals surface area contributed by atoms with Crippen LogP contribution in [0.5, 0.6) is 0 Å². The van der Waals surface area contributed by atoms with E-state index < -0.39 is 11.4 Å². The van der Waals surface area contributed by atoms with Crippen LogP contribution in [0.25, 0.3) is 0 Å². The van der Waals surface area contributed by atoms with E-state index in [9.17, 15) is 14.7 Å². The number of carboxylic acid groups (broad SMARTS) is 1. The lowest BCUT2D eigenvalue weighted by molar-refractivity contribution is -0.152. The van der Waals surface area contributed by atoms with Crippen LogP contribution in [0, 0.1) is 5.41 Å². The summed E-state index contributed by atoms with van der Waals surface area (Å²) in [6.07, 6.45) is 5.84. The van der Waals surface area contributed by atoms with E-state index in [1.54, 1.807) is 13.1 Å². The minimum atomic E-state index is -0.848. The number of amides is 1. The Morgan fingerprint density at radius 2 is 2.24 bits per heavy atom. The molecule has 2 atom stereocenters. The van der Waals surface area contributed by atoms with Gasteiger partial charge >= 0.3 is 5.97 Å². The predicted octanol–water partition coefficient (Wildman–Crippen LogP) is 2.16. The first-order valence-electron chi connectivity index (χ1n) is 7.45. The number of rotatable bonds is 5. The third-order valence-electron chi connectivity index (χ3n) is 4.37. The van der Waals surface area contributed by atoms with E-state index >= 15 is 0 Å². The summed E-state index contributed by atoms with van der Waals surface area (Å²) in [4.78, 5) is 27.7. The normalized spacial score (nSPS) is 25.3. The van der Waals surface area contributed by atoms with Gasteiger partial charge in [-0.3, -0.25) is 14.6 Å². The van der Waals surface area contributed by atoms with Gasteiger partial charge in [-0.1, -0.05) is 18.9 Å². The molecule has 1 saturated carbocycles. The molecule has 0 spiro atoms. The van der Waals surface area contributed by atoms with Gasteiger partial charge < -0.3 is 10.4 Å². The Morgan fingerprint density at radius 1 is 1.43 bits per heavy atom. The zero-order valence-corrected chi connectivity index (χ0v) is 12.3. The summed E-state index contributed by atoms with van der Waals surface area (Å²) in [5, 5.41) is 12.3. The fourth-order valence-electron chi connectivity index (χ4n) is 2.88. The summed E-state index contributed by atoms with van der Waals surface area (Å²) >= 11 is 0. The molecule has 5 nitrogen and oxygen atoms in total. The Balaban J connectivity index is 1.90. The molecule has 1 aromatic rings. The number of nitrogens with one attached hydrogen (secondary N) is 1. The van der Waals surface area contributed by atoms with Gasteiger partial charge in [-0.15, -0.1) is 0 Å². The second kappa shape index (κ2) is 6.70. The van der Waals surface area contributed by atoms with Crippen LogP contribution >= 0.6 is 0 Å². The number of aryl methyl sites for hydroxylation is 1. The molecule has 0 saturated heterocycles. The summed E-state index contributed by atoms with van der Waals surface area (Å²) in [6.45, 7) is 1.73. The van der Waals surface area contributed by atoms with Crippen LogP contribution in [0.3, 0.4) is 0 Å². The first-order valence-corrected chi connectivity index (χ1v) is 7.45. The van der Waals surface area contributed by atoms with Crippen LogP contribution in [0.15, 0.2) is 24.4 Å². The molecule has 0 aromatic carbocycles. The zero-order valence-electron chi connectivity index (χ0n) is 12.3. The van der Waals surface area contributed by atoms with E-state index in [0.717, 1.165) is 25.0 Å². The van der Waals surface area contributed by atoms with Gasteiger partial charge in [0.25, 0.3) is 0 Å². The first-order chi connectivity index (χ1) is 10.0. The maximum Gasteiger partial charge on any atom is 0.311 e. The highest BCUT2D eigenvalue weighted by atomic mass is 16.4. The predicted molar refractivity (Wildman–Crippen MR) is 78.7 cm³/mol. The van der Waals surface area contributed by atoms with Crippen molar-refractivity contribution in [2.24, 2.45) is 5.41 Å². The Labute approximate surface area is 124 Å². The van der Waals surface area contributed by atoms with Crippen molar-refractivity contribution < 1.29 is 14.7 Å². The van der Waals surface area contributed by atoms with Crippen LogP contribution < -0.4 is 5.32 Å². The summed E-state index contributed by atoms with van der Waals surface area (Å²) in [5.74, 6) is -0.919. The fraction of sp³-hybridized carbons (Fsp3) is 0.562. The fourth-order valence-corrected chi connectivity index (χ4v) is 2.88. The van der Waals surface area contributed by atoms with E-state index in [2.05, 4.69) is 10.3 Å². The number of carboxylic acids is 1.